The van der Waals surface area contributed by atoms with E-state index in [1.807, 2.05) is 35.7 Å². The first kappa shape index (κ1) is 18.7. The lowest BCUT2D eigenvalue weighted by Crippen LogP contribution is -2.45. The Labute approximate surface area is 159 Å². The van der Waals surface area contributed by atoms with Crippen LogP contribution in [0.5, 0.6) is 5.75 Å². The van der Waals surface area contributed by atoms with E-state index in [1.54, 1.807) is 18.2 Å². The van der Waals surface area contributed by atoms with Crippen molar-refractivity contribution >= 4 is 17.4 Å². The SMILES string of the molecule is C=CC.CN1CCN(c2cc(N)nc3nc(-c4ccccc4O)cn23)CC1. The predicted molar refractivity (Wildman–Crippen MR) is 110 cm³/mol. The summed E-state index contributed by atoms with van der Waals surface area (Å²) < 4.78 is 1.95. The highest BCUT2D eigenvalue weighted by Crippen LogP contribution is 2.30. The largest absolute Gasteiger partial charge is 0.507 e. The summed E-state index contributed by atoms with van der Waals surface area (Å²) in [5, 5.41) is 10.1. The molecule has 0 unspecified atom stereocenters. The number of rotatable bonds is 2. The maximum atomic E-state index is 10.1. The fourth-order valence-corrected chi connectivity index (χ4v) is 3.07. The van der Waals surface area contributed by atoms with Crippen LogP contribution in [-0.4, -0.2) is 57.6 Å². The molecule has 0 bridgehead atoms. The smallest absolute Gasteiger partial charge is 0.237 e. The Balaban J connectivity index is 0.000000659. The van der Waals surface area contributed by atoms with Crippen molar-refractivity contribution in [2.45, 2.75) is 6.92 Å². The molecule has 3 N–H and O–H groups in total. The summed E-state index contributed by atoms with van der Waals surface area (Å²) in [4.78, 5) is 13.5. The molecule has 7 nitrogen and oxygen atoms in total. The highest BCUT2D eigenvalue weighted by atomic mass is 16.3. The summed E-state index contributed by atoms with van der Waals surface area (Å²) in [6, 6.07) is 9.05. The van der Waals surface area contributed by atoms with Gasteiger partial charge < -0.3 is 20.6 Å². The topological polar surface area (TPSA) is 82.9 Å². The van der Waals surface area contributed by atoms with E-state index in [9.17, 15) is 5.11 Å². The fourth-order valence-electron chi connectivity index (χ4n) is 3.07. The highest BCUT2D eigenvalue weighted by molar-refractivity contribution is 5.69. The Hall–Kier alpha value is -3.06. The van der Waals surface area contributed by atoms with Gasteiger partial charge in [0, 0.05) is 44.0 Å². The lowest BCUT2D eigenvalue weighted by Gasteiger charge is -2.34. The van der Waals surface area contributed by atoms with Gasteiger partial charge in [-0.1, -0.05) is 18.2 Å². The van der Waals surface area contributed by atoms with Crippen LogP contribution in [0.15, 0.2) is 49.2 Å². The molecule has 3 aromatic rings. The molecule has 1 aliphatic heterocycles. The van der Waals surface area contributed by atoms with Crippen LogP contribution >= 0.6 is 0 Å². The molecule has 4 rings (SSSR count). The lowest BCUT2D eigenvalue weighted by atomic mass is 10.1. The average Bonchev–Trinajstić information content (AvgIpc) is 3.06. The molecule has 1 fully saturated rings. The van der Waals surface area contributed by atoms with Crippen LogP contribution in [0.4, 0.5) is 11.6 Å². The number of para-hydroxylation sites is 1. The molecule has 0 amide bonds. The van der Waals surface area contributed by atoms with Crippen LogP contribution in [0.2, 0.25) is 0 Å². The number of nitrogens with zero attached hydrogens (tertiary/aromatic N) is 5. The van der Waals surface area contributed by atoms with Gasteiger partial charge in [-0.2, -0.15) is 4.98 Å². The van der Waals surface area contributed by atoms with E-state index in [0.29, 0.717) is 22.9 Å². The van der Waals surface area contributed by atoms with Crippen LogP contribution in [-0.2, 0) is 0 Å². The molecule has 0 radical (unpaired) electrons. The Morgan fingerprint density at radius 2 is 1.81 bits per heavy atom. The molecule has 3 heterocycles. The third-order valence-corrected chi connectivity index (χ3v) is 4.45. The number of anilines is 2. The molecular weight excluding hydrogens is 340 g/mol. The number of nitrogen functional groups attached to an aromatic ring is 1. The van der Waals surface area contributed by atoms with E-state index in [-0.39, 0.29) is 5.75 Å². The van der Waals surface area contributed by atoms with Gasteiger partial charge in [-0.3, -0.25) is 4.40 Å². The van der Waals surface area contributed by atoms with Gasteiger partial charge in [-0.05, 0) is 26.1 Å². The van der Waals surface area contributed by atoms with Gasteiger partial charge in [0.25, 0.3) is 0 Å². The summed E-state index contributed by atoms with van der Waals surface area (Å²) >= 11 is 0. The summed E-state index contributed by atoms with van der Waals surface area (Å²) in [6.07, 6.45) is 3.66. The van der Waals surface area contributed by atoms with Crippen molar-refractivity contribution in [1.29, 1.82) is 0 Å². The number of fused-ring (bicyclic) bond motifs is 1. The van der Waals surface area contributed by atoms with Crippen molar-refractivity contribution < 1.29 is 5.11 Å². The number of phenolic OH excluding ortho intramolecular Hbond substituents is 1. The van der Waals surface area contributed by atoms with Gasteiger partial charge in [-0.15, -0.1) is 6.58 Å². The number of phenols is 1. The number of aromatic hydroxyl groups is 1. The van der Waals surface area contributed by atoms with E-state index < -0.39 is 0 Å². The third-order valence-electron chi connectivity index (χ3n) is 4.45. The van der Waals surface area contributed by atoms with E-state index in [2.05, 4.69) is 33.4 Å². The second kappa shape index (κ2) is 8.09. The summed E-state index contributed by atoms with van der Waals surface area (Å²) in [5.41, 5.74) is 7.35. The highest BCUT2D eigenvalue weighted by Gasteiger charge is 2.19. The van der Waals surface area contributed by atoms with Crippen LogP contribution in [0.25, 0.3) is 17.0 Å². The molecule has 0 atom stereocenters. The minimum absolute atomic E-state index is 0.204. The molecule has 142 valence electrons. The molecule has 1 aliphatic rings. The minimum Gasteiger partial charge on any atom is -0.507 e. The van der Waals surface area contributed by atoms with Gasteiger partial charge in [0.05, 0.1) is 5.69 Å². The summed E-state index contributed by atoms with van der Waals surface area (Å²) in [7, 11) is 2.13. The van der Waals surface area contributed by atoms with Crippen LogP contribution in [0.1, 0.15) is 6.92 Å². The summed E-state index contributed by atoms with van der Waals surface area (Å²) in [5.74, 6) is 2.18. The average molecular weight is 366 g/mol. The van der Waals surface area contributed by atoms with E-state index in [4.69, 9.17) is 5.73 Å². The van der Waals surface area contributed by atoms with Crippen molar-refractivity contribution in [3.63, 3.8) is 0 Å². The zero-order valence-electron chi connectivity index (χ0n) is 15.8. The molecule has 0 aliphatic carbocycles. The normalized spacial score (nSPS) is 14.7. The quantitative estimate of drug-likeness (QED) is 0.679. The second-order valence-corrected chi connectivity index (χ2v) is 6.55. The van der Waals surface area contributed by atoms with Gasteiger partial charge in [0.15, 0.2) is 0 Å². The van der Waals surface area contributed by atoms with Gasteiger partial charge in [0.2, 0.25) is 5.78 Å². The van der Waals surface area contributed by atoms with Gasteiger partial charge in [-0.25, -0.2) is 4.98 Å². The second-order valence-electron chi connectivity index (χ2n) is 6.55. The predicted octanol–water partition coefficient (Wildman–Crippen LogP) is 2.63. The first-order valence-corrected chi connectivity index (χ1v) is 8.98. The van der Waals surface area contributed by atoms with Gasteiger partial charge >= 0.3 is 0 Å². The number of allylic oxidation sites excluding steroid dienone is 1. The number of likely N-dealkylation sites (N-methyl/N-ethyl adjacent to an activating group) is 1. The Morgan fingerprint density at radius 1 is 1.15 bits per heavy atom. The standard InChI is InChI=1S/C17H20N6O.C3H6/c1-21-6-8-22(9-7-21)16-10-15(18)20-17-19-13(11-23(16)17)12-4-2-3-5-14(12)24;1-3-2/h2-5,10-11,24H,6-9H2,1H3,(H2,18,19,20);3H,1H2,2H3. The Morgan fingerprint density at radius 3 is 2.48 bits per heavy atom. The Bertz CT molecular complexity index is 927. The summed E-state index contributed by atoms with van der Waals surface area (Å²) in [6.45, 7) is 9.12. The first-order chi connectivity index (χ1) is 13.0. The maximum absolute atomic E-state index is 10.1. The lowest BCUT2D eigenvalue weighted by molar-refractivity contribution is 0.311. The number of benzene rings is 1. The molecule has 2 aromatic heterocycles. The number of aromatic nitrogens is 3. The van der Waals surface area contributed by atoms with Crippen molar-refractivity contribution in [3.05, 3.63) is 49.2 Å². The number of nitrogens with two attached hydrogens (primary N) is 1. The molecule has 0 spiro atoms. The van der Waals surface area contributed by atoms with Crippen LogP contribution in [0, 0.1) is 0 Å². The van der Waals surface area contributed by atoms with Crippen molar-refractivity contribution in [2.75, 3.05) is 43.9 Å². The molecule has 27 heavy (non-hydrogen) atoms. The van der Waals surface area contributed by atoms with Crippen molar-refractivity contribution in [2.24, 2.45) is 0 Å². The number of hydrogen-bond donors (Lipinski definition) is 2. The fraction of sp³-hybridized carbons (Fsp3) is 0.300. The zero-order valence-corrected chi connectivity index (χ0v) is 15.8. The molecule has 7 heteroatoms. The first-order valence-electron chi connectivity index (χ1n) is 8.98. The van der Waals surface area contributed by atoms with E-state index >= 15 is 0 Å². The monoisotopic (exact) mass is 366 g/mol. The molecule has 0 saturated carbocycles. The number of piperazine rings is 1. The number of imidazole rings is 1. The van der Waals surface area contributed by atoms with E-state index in [0.717, 1.165) is 32.0 Å². The van der Waals surface area contributed by atoms with Crippen molar-refractivity contribution in [1.82, 2.24) is 19.3 Å². The number of hydrogen-bond acceptors (Lipinski definition) is 6. The third kappa shape index (κ3) is 4.03. The van der Waals surface area contributed by atoms with Crippen molar-refractivity contribution in [3.8, 4) is 17.0 Å². The Kier molecular flexibility index (Phi) is 5.61. The molecule has 1 saturated heterocycles. The molecular formula is C20H26N6O. The van der Waals surface area contributed by atoms with Crippen LogP contribution < -0.4 is 10.6 Å². The van der Waals surface area contributed by atoms with Crippen LogP contribution in [0.3, 0.4) is 0 Å². The molecule has 1 aromatic carbocycles. The zero-order chi connectivity index (χ0) is 19.4. The maximum Gasteiger partial charge on any atom is 0.237 e. The minimum atomic E-state index is 0.204. The van der Waals surface area contributed by atoms with Gasteiger partial charge in [0.1, 0.15) is 17.4 Å². The van der Waals surface area contributed by atoms with E-state index in [1.165, 1.54) is 0 Å².